The lowest BCUT2D eigenvalue weighted by molar-refractivity contribution is 0.00603. The number of aliphatic hydroxyl groups excluding tert-OH is 1. The van der Waals surface area contributed by atoms with Crippen LogP contribution in [-0.4, -0.2) is 51.7 Å². The molecular formula is C25H23N5O3. The second-order valence-electron chi connectivity index (χ2n) is 8.81. The van der Waals surface area contributed by atoms with Crippen LogP contribution in [0.3, 0.4) is 0 Å². The van der Waals surface area contributed by atoms with Gasteiger partial charge >= 0.3 is 0 Å². The highest BCUT2D eigenvalue weighted by atomic mass is 16.5. The number of anilines is 2. The van der Waals surface area contributed by atoms with Gasteiger partial charge in [-0.25, -0.2) is 4.98 Å². The van der Waals surface area contributed by atoms with Crippen molar-refractivity contribution in [2.45, 2.75) is 18.9 Å². The van der Waals surface area contributed by atoms with Gasteiger partial charge in [0.15, 0.2) is 0 Å². The van der Waals surface area contributed by atoms with E-state index in [0.29, 0.717) is 47.7 Å². The third-order valence-corrected chi connectivity index (χ3v) is 6.59. The van der Waals surface area contributed by atoms with E-state index in [0.717, 1.165) is 27.5 Å². The molecule has 6 rings (SSSR count). The van der Waals surface area contributed by atoms with E-state index < -0.39 is 6.10 Å². The van der Waals surface area contributed by atoms with Gasteiger partial charge in [0.2, 0.25) is 5.95 Å². The van der Waals surface area contributed by atoms with Crippen LogP contribution in [-0.2, 0) is 0 Å². The van der Waals surface area contributed by atoms with Crippen LogP contribution in [0.15, 0.2) is 42.5 Å². The molecule has 5 N–H and O–H groups in total. The normalized spacial score (nSPS) is 17.8. The highest BCUT2D eigenvalue weighted by molar-refractivity contribution is 6.12. The number of carbonyl (C=O) groups excluding carboxylic acids is 1. The van der Waals surface area contributed by atoms with E-state index in [-0.39, 0.29) is 17.8 Å². The first-order valence-electron chi connectivity index (χ1n) is 10.9. The molecule has 1 unspecified atom stereocenters. The number of hydrogen-bond acceptors (Lipinski definition) is 7. The summed E-state index contributed by atoms with van der Waals surface area (Å²) in [5.74, 6) is 1.19. The highest BCUT2D eigenvalue weighted by Crippen LogP contribution is 2.48. The Labute approximate surface area is 189 Å². The molecule has 2 aliphatic rings. The molecule has 0 bridgehead atoms. The summed E-state index contributed by atoms with van der Waals surface area (Å²) in [7, 11) is 0. The van der Waals surface area contributed by atoms with E-state index in [1.807, 2.05) is 42.5 Å². The Morgan fingerprint density at radius 2 is 1.85 bits per heavy atom. The fraction of sp³-hybridized carbons (Fsp3) is 0.240. The van der Waals surface area contributed by atoms with Crippen LogP contribution in [0.2, 0.25) is 0 Å². The summed E-state index contributed by atoms with van der Waals surface area (Å²) in [6.07, 6.45) is -0.442. The van der Waals surface area contributed by atoms with E-state index >= 15 is 0 Å². The number of fused-ring (bicyclic) bond motifs is 4. The quantitative estimate of drug-likeness (QED) is 0.436. The Morgan fingerprint density at radius 1 is 1.09 bits per heavy atom. The number of hydrogen-bond donors (Lipinski definition) is 3. The number of carbonyl (C=O) groups is 1. The molecule has 8 nitrogen and oxygen atoms in total. The van der Waals surface area contributed by atoms with Gasteiger partial charge < -0.3 is 26.2 Å². The van der Waals surface area contributed by atoms with Crippen LogP contribution in [0.4, 0.5) is 11.8 Å². The molecule has 1 atom stereocenters. The van der Waals surface area contributed by atoms with Crippen molar-refractivity contribution >= 4 is 39.3 Å². The highest BCUT2D eigenvalue weighted by Gasteiger charge is 2.32. The first-order valence-corrected chi connectivity index (χ1v) is 10.9. The lowest BCUT2D eigenvalue weighted by Crippen LogP contribution is -2.53. The largest absolute Gasteiger partial charge is 0.492 e. The number of nitrogens with zero attached hydrogens (tertiary/aromatic N) is 3. The Morgan fingerprint density at radius 3 is 2.61 bits per heavy atom. The molecule has 1 amide bonds. The summed E-state index contributed by atoms with van der Waals surface area (Å²) in [5.41, 5.74) is 16.3. The average Bonchev–Trinajstić information content (AvgIpc) is 3.16. The van der Waals surface area contributed by atoms with Crippen molar-refractivity contribution in [1.29, 1.82) is 0 Å². The van der Waals surface area contributed by atoms with Crippen molar-refractivity contribution in [2.75, 3.05) is 31.2 Å². The van der Waals surface area contributed by atoms with E-state index in [1.54, 1.807) is 4.90 Å². The SMILES string of the molecule is CC1COc2c1c(-c1ccc(C(=O)N3CC(O)C3)c3ccccc13)cc1nc(N)nc(N)c21. The average molecular weight is 441 g/mol. The molecule has 1 fully saturated rings. The van der Waals surface area contributed by atoms with Gasteiger partial charge in [0.05, 0.1) is 23.6 Å². The molecule has 0 radical (unpaired) electrons. The van der Waals surface area contributed by atoms with E-state index in [1.165, 1.54) is 0 Å². The lowest BCUT2D eigenvalue weighted by atomic mass is 9.87. The van der Waals surface area contributed by atoms with Gasteiger partial charge in [-0.2, -0.15) is 4.98 Å². The van der Waals surface area contributed by atoms with Gasteiger partial charge in [-0.05, 0) is 34.0 Å². The van der Waals surface area contributed by atoms with Crippen molar-refractivity contribution in [3.05, 3.63) is 53.6 Å². The molecule has 0 saturated carbocycles. The van der Waals surface area contributed by atoms with Crippen molar-refractivity contribution in [2.24, 2.45) is 0 Å². The van der Waals surface area contributed by atoms with Crippen LogP contribution in [0.1, 0.15) is 28.8 Å². The molecule has 33 heavy (non-hydrogen) atoms. The number of aromatic nitrogens is 2. The zero-order valence-corrected chi connectivity index (χ0v) is 18.1. The number of rotatable bonds is 2. The molecule has 4 aromatic rings. The molecule has 1 saturated heterocycles. The number of amides is 1. The maximum Gasteiger partial charge on any atom is 0.254 e. The third kappa shape index (κ3) is 2.91. The number of likely N-dealkylation sites (tertiary alicyclic amines) is 1. The maximum absolute atomic E-state index is 13.1. The standard InChI is InChI=1S/C25H23N5O3/c1-12-11-33-22-20(12)18(8-19-21(22)23(26)29-25(27)28-19)16-6-7-17(15-5-3-2-4-14(15)16)24(32)30-9-13(31)10-30/h2-8,12-13,31H,9-11H2,1H3,(H4,26,27,28,29). The fourth-order valence-electron chi connectivity index (χ4n) is 4.99. The number of nitrogens with two attached hydrogens (primary N) is 2. The molecule has 8 heteroatoms. The summed E-state index contributed by atoms with van der Waals surface area (Å²) < 4.78 is 6.06. The van der Waals surface area contributed by atoms with Crippen LogP contribution in [0.25, 0.3) is 32.8 Å². The van der Waals surface area contributed by atoms with Crippen LogP contribution in [0, 0.1) is 0 Å². The molecule has 166 valence electrons. The second-order valence-corrected chi connectivity index (χ2v) is 8.81. The van der Waals surface area contributed by atoms with Crippen LogP contribution in [0.5, 0.6) is 5.75 Å². The molecule has 1 aromatic heterocycles. The number of aliphatic hydroxyl groups is 1. The van der Waals surface area contributed by atoms with Gasteiger partial charge in [0.1, 0.15) is 11.6 Å². The minimum absolute atomic E-state index is 0.0724. The minimum atomic E-state index is -0.442. The fourth-order valence-corrected chi connectivity index (χ4v) is 4.99. The molecule has 3 aromatic carbocycles. The third-order valence-electron chi connectivity index (χ3n) is 6.59. The van der Waals surface area contributed by atoms with Gasteiger partial charge in [0.25, 0.3) is 5.91 Å². The van der Waals surface area contributed by atoms with E-state index in [9.17, 15) is 9.90 Å². The summed E-state index contributed by atoms with van der Waals surface area (Å²) in [5, 5.41) is 12.1. The molecule has 2 aliphatic heterocycles. The van der Waals surface area contributed by atoms with Crippen molar-refractivity contribution in [1.82, 2.24) is 14.9 Å². The predicted molar refractivity (Wildman–Crippen MR) is 127 cm³/mol. The maximum atomic E-state index is 13.1. The van der Waals surface area contributed by atoms with Gasteiger partial charge in [-0.3, -0.25) is 4.79 Å². The second kappa shape index (κ2) is 7.05. The number of nitrogen functional groups attached to an aromatic ring is 2. The first-order chi connectivity index (χ1) is 15.9. The predicted octanol–water partition coefficient (Wildman–Crippen LogP) is 2.93. The zero-order valence-electron chi connectivity index (χ0n) is 18.1. The van der Waals surface area contributed by atoms with Gasteiger partial charge in [0, 0.05) is 30.1 Å². The molecule has 0 aliphatic carbocycles. The first kappa shape index (κ1) is 19.8. The molecule has 0 spiro atoms. The monoisotopic (exact) mass is 441 g/mol. The van der Waals surface area contributed by atoms with Crippen molar-refractivity contribution in [3.63, 3.8) is 0 Å². The van der Waals surface area contributed by atoms with Crippen molar-refractivity contribution in [3.8, 4) is 16.9 Å². The van der Waals surface area contributed by atoms with Crippen LogP contribution >= 0.6 is 0 Å². The summed E-state index contributed by atoms with van der Waals surface area (Å²) in [6, 6.07) is 13.7. The van der Waals surface area contributed by atoms with E-state index in [2.05, 4.69) is 16.9 Å². The smallest absolute Gasteiger partial charge is 0.254 e. The molecular weight excluding hydrogens is 418 g/mol. The summed E-state index contributed by atoms with van der Waals surface area (Å²) >= 11 is 0. The topological polar surface area (TPSA) is 128 Å². The summed E-state index contributed by atoms with van der Waals surface area (Å²) in [6.45, 7) is 3.39. The van der Waals surface area contributed by atoms with Crippen molar-refractivity contribution < 1.29 is 14.6 Å². The Balaban J connectivity index is 1.61. The summed E-state index contributed by atoms with van der Waals surface area (Å²) in [4.78, 5) is 23.3. The Kier molecular flexibility index (Phi) is 4.22. The zero-order chi connectivity index (χ0) is 22.9. The Hall–Kier alpha value is -3.91. The number of ether oxygens (including phenoxy) is 1. The van der Waals surface area contributed by atoms with Gasteiger partial charge in [-0.15, -0.1) is 0 Å². The van der Waals surface area contributed by atoms with E-state index in [4.69, 9.17) is 16.2 Å². The molecule has 3 heterocycles. The lowest BCUT2D eigenvalue weighted by Gasteiger charge is -2.36. The Bertz CT molecular complexity index is 1460. The number of β-amino-alcohol motifs (C(OH)–C–C–N with tert-alkyl or cyclic N) is 1. The van der Waals surface area contributed by atoms with Crippen LogP contribution < -0.4 is 16.2 Å². The van der Waals surface area contributed by atoms with Gasteiger partial charge in [-0.1, -0.05) is 37.3 Å². The minimum Gasteiger partial charge on any atom is -0.492 e. The number of benzene rings is 3.